The zero-order chi connectivity index (χ0) is 14.9. The van der Waals surface area contributed by atoms with E-state index in [9.17, 15) is 17.2 Å². The van der Waals surface area contributed by atoms with Crippen LogP contribution in [0.2, 0.25) is 0 Å². The van der Waals surface area contributed by atoms with Crippen molar-refractivity contribution in [2.45, 2.75) is 11.4 Å². The van der Waals surface area contributed by atoms with Crippen LogP contribution in [0.1, 0.15) is 5.69 Å². The molecule has 0 atom stereocenters. The number of hydrogen-bond acceptors (Lipinski definition) is 3. The van der Waals surface area contributed by atoms with Crippen molar-refractivity contribution in [2.75, 3.05) is 5.32 Å². The lowest BCUT2D eigenvalue weighted by atomic mass is 10.3. The summed E-state index contributed by atoms with van der Waals surface area (Å²) < 4.78 is 49.8. The summed E-state index contributed by atoms with van der Waals surface area (Å²) in [5.74, 6) is -1.88. The molecule has 0 bridgehead atoms. The standard InChI is InChI=1S/C12H11ClF2N2O2S/c1-17-7-10(20(13,18)19)5-9(17)6-16-8-2-3-11(14)12(15)4-8/h2-5,7,16H,6H2,1H3. The molecule has 0 fully saturated rings. The highest BCUT2D eigenvalue weighted by Crippen LogP contribution is 2.19. The van der Waals surface area contributed by atoms with Gasteiger partial charge in [-0.1, -0.05) is 0 Å². The van der Waals surface area contributed by atoms with Gasteiger partial charge in [0.05, 0.1) is 6.54 Å². The summed E-state index contributed by atoms with van der Waals surface area (Å²) >= 11 is 0. The van der Waals surface area contributed by atoms with Gasteiger partial charge < -0.3 is 9.88 Å². The molecule has 1 aromatic carbocycles. The molecule has 0 amide bonds. The van der Waals surface area contributed by atoms with Gasteiger partial charge in [0.15, 0.2) is 11.6 Å². The molecule has 2 rings (SSSR count). The van der Waals surface area contributed by atoms with Gasteiger partial charge in [0.25, 0.3) is 9.05 Å². The van der Waals surface area contributed by atoms with Crippen molar-refractivity contribution in [2.24, 2.45) is 7.05 Å². The van der Waals surface area contributed by atoms with Crippen molar-refractivity contribution in [3.8, 4) is 0 Å². The highest BCUT2D eigenvalue weighted by molar-refractivity contribution is 8.13. The quantitative estimate of drug-likeness (QED) is 0.881. The summed E-state index contributed by atoms with van der Waals surface area (Å²) in [4.78, 5) is -0.0104. The Morgan fingerprint density at radius 3 is 2.50 bits per heavy atom. The van der Waals surface area contributed by atoms with Crippen LogP contribution >= 0.6 is 10.7 Å². The number of benzene rings is 1. The third kappa shape index (κ3) is 3.29. The molecule has 0 aliphatic carbocycles. The van der Waals surface area contributed by atoms with Gasteiger partial charge in [0, 0.05) is 41.4 Å². The van der Waals surface area contributed by atoms with Crippen LogP contribution in [0.5, 0.6) is 0 Å². The van der Waals surface area contributed by atoms with Gasteiger partial charge in [-0.15, -0.1) is 0 Å². The Labute approximate surface area is 119 Å². The fourth-order valence-electron chi connectivity index (χ4n) is 1.68. The van der Waals surface area contributed by atoms with E-state index in [0.29, 0.717) is 11.4 Å². The van der Waals surface area contributed by atoms with E-state index in [2.05, 4.69) is 5.32 Å². The summed E-state index contributed by atoms with van der Waals surface area (Å²) in [5, 5.41) is 2.87. The Kier molecular flexibility index (Phi) is 4.01. The van der Waals surface area contributed by atoms with E-state index < -0.39 is 20.7 Å². The minimum atomic E-state index is -3.79. The molecule has 20 heavy (non-hydrogen) atoms. The summed E-state index contributed by atoms with van der Waals surface area (Å²) in [6.07, 6.45) is 1.38. The van der Waals surface area contributed by atoms with E-state index in [1.807, 2.05) is 0 Å². The van der Waals surface area contributed by atoms with Crippen LogP contribution in [0.15, 0.2) is 35.4 Å². The molecule has 0 radical (unpaired) electrons. The fraction of sp³-hybridized carbons (Fsp3) is 0.167. The lowest BCUT2D eigenvalue weighted by molar-refractivity contribution is 0.509. The normalized spacial score (nSPS) is 11.6. The molecular formula is C12H11ClF2N2O2S. The first-order chi connectivity index (χ1) is 9.27. The Morgan fingerprint density at radius 2 is 1.95 bits per heavy atom. The number of nitrogens with one attached hydrogen (secondary N) is 1. The van der Waals surface area contributed by atoms with Crippen LogP contribution < -0.4 is 5.32 Å². The minimum absolute atomic E-state index is 0.0104. The van der Waals surface area contributed by atoms with Crippen molar-refractivity contribution >= 4 is 25.4 Å². The summed E-state index contributed by atoms with van der Waals surface area (Å²) in [6, 6.07) is 4.84. The number of rotatable bonds is 4. The van der Waals surface area contributed by atoms with Crippen molar-refractivity contribution in [3.63, 3.8) is 0 Å². The maximum Gasteiger partial charge on any atom is 0.262 e. The Bertz CT molecular complexity index is 744. The Morgan fingerprint density at radius 1 is 1.25 bits per heavy atom. The number of aromatic nitrogens is 1. The largest absolute Gasteiger partial charge is 0.379 e. The minimum Gasteiger partial charge on any atom is -0.379 e. The predicted octanol–water partition coefficient (Wildman–Crippen LogP) is 2.84. The molecule has 2 aromatic rings. The molecule has 0 aliphatic rings. The molecule has 108 valence electrons. The van der Waals surface area contributed by atoms with E-state index >= 15 is 0 Å². The molecule has 0 spiro atoms. The van der Waals surface area contributed by atoms with Crippen molar-refractivity contribution in [1.29, 1.82) is 0 Å². The van der Waals surface area contributed by atoms with Crippen LogP contribution in [0, 0.1) is 11.6 Å². The van der Waals surface area contributed by atoms with E-state index in [0.717, 1.165) is 12.1 Å². The molecule has 0 unspecified atom stereocenters. The third-order valence-electron chi connectivity index (χ3n) is 2.76. The van der Waals surface area contributed by atoms with Crippen LogP contribution in [0.4, 0.5) is 14.5 Å². The molecule has 0 aliphatic heterocycles. The fourth-order valence-corrected chi connectivity index (χ4v) is 2.50. The maximum absolute atomic E-state index is 13.0. The zero-order valence-electron chi connectivity index (χ0n) is 10.4. The molecule has 1 heterocycles. The summed E-state index contributed by atoms with van der Waals surface area (Å²) in [5.41, 5.74) is 1.02. The number of hydrogen-bond donors (Lipinski definition) is 1. The molecular weight excluding hydrogens is 310 g/mol. The van der Waals surface area contributed by atoms with Crippen molar-refractivity contribution in [1.82, 2.24) is 4.57 Å². The molecule has 1 aromatic heterocycles. The monoisotopic (exact) mass is 320 g/mol. The van der Waals surface area contributed by atoms with Crippen LogP contribution in [-0.4, -0.2) is 13.0 Å². The lowest BCUT2D eigenvalue weighted by Crippen LogP contribution is -2.04. The van der Waals surface area contributed by atoms with Gasteiger partial charge in [-0.25, -0.2) is 17.2 Å². The highest BCUT2D eigenvalue weighted by Gasteiger charge is 2.14. The van der Waals surface area contributed by atoms with Gasteiger partial charge >= 0.3 is 0 Å². The summed E-state index contributed by atoms with van der Waals surface area (Å²) in [6.45, 7) is 0.244. The first-order valence-corrected chi connectivity index (χ1v) is 7.87. The van der Waals surface area contributed by atoms with Crippen LogP contribution in [-0.2, 0) is 22.6 Å². The number of aryl methyl sites for hydroxylation is 1. The van der Waals surface area contributed by atoms with Gasteiger partial charge in [-0.3, -0.25) is 0 Å². The average Bonchev–Trinajstić information content (AvgIpc) is 2.72. The molecule has 1 N–H and O–H groups in total. The van der Waals surface area contributed by atoms with Gasteiger partial charge in [-0.05, 0) is 18.2 Å². The number of nitrogens with zero attached hydrogens (tertiary/aromatic N) is 1. The third-order valence-corrected chi connectivity index (χ3v) is 4.08. The van der Waals surface area contributed by atoms with Crippen molar-refractivity contribution < 1.29 is 17.2 Å². The average molecular weight is 321 g/mol. The predicted molar refractivity (Wildman–Crippen MR) is 72.1 cm³/mol. The molecule has 8 heteroatoms. The maximum atomic E-state index is 13.0. The van der Waals surface area contributed by atoms with Crippen molar-refractivity contribution in [3.05, 3.63) is 47.8 Å². The van der Waals surface area contributed by atoms with E-state index in [1.165, 1.54) is 18.3 Å². The smallest absolute Gasteiger partial charge is 0.262 e. The van der Waals surface area contributed by atoms with Crippen LogP contribution in [0.25, 0.3) is 0 Å². The summed E-state index contributed by atoms with van der Waals surface area (Å²) in [7, 11) is 3.12. The highest BCUT2D eigenvalue weighted by atomic mass is 35.7. The topological polar surface area (TPSA) is 51.1 Å². The zero-order valence-corrected chi connectivity index (χ0v) is 12.0. The second-order valence-electron chi connectivity index (χ2n) is 4.20. The molecule has 4 nitrogen and oxygen atoms in total. The van der Waals surface area contributed by atoms with E-state index in [-0.39, 0.29) is 11.4 Å². The Balaban J connectivity index is 2.15. The SMILES string of the molecule is Cn1cc(S(=O)(=O)Cl)cc1CNc1ccc(F)c(F)c1. The second kappa shape index (κ2) is 5.41. The first kappa shape index (κ1) is 14.8. The number of anilines is 1. The van der Waals surface area contributed by atoms with Gasteiger partial charge in [0.2, 0.25) is 0 Å². The number of halogens is 3. The molecule has 0 saturated heterocycles. The van der Waals surface area contributed by atoms with Gasteiger partial charge in [-0.2, -0.15) is 0 Å². The lowest BCUT2D eigenvalue weighted by Gasteiger charge is -2.07. The first-order valence-electron chi connectivity index (χ1n) is 5.56. The van der Waals surface area contributed by atoms with Crippen LogP contribution in [0.3, 0.4) is 0 Å². The molecule has 0 saturated carbocycles. The Hall–Kier alpha value is -1.60. The van der Waals surface area contributed by atoms with Gasteiger partial charge in [0.1, 0.15) is 4.90 Å². The second-order valence-corrected chi connectivity index (χ2v) is 6.76. The van der Waals surface area contributed by atoms with E-state index in [1.54, 1.807) is 11.6 Å². The van der Waals surface area contributed by atoms with E-state index in [4.69, 9.17) is 10.7 Å².